The number of alkyl halides is 2. The van der Waals surface area contributed by atoms with E-state index in [-0.39, 0.29) is 17.9 Å². The Balaban J connectivity index is 2.40. The van der Waals surface area contributed by atoms with Crippen LogP contribution >= 0.6 is 0 Å². The summed E-state index contributed by atoms with van der Waals surface area (Å²) in [5, 5.41) is 8.49. The predicted molar refractivity (Wildman–Crippen MR) is 41.3 cm³/mol. The fourth-order valence-corrected chi connectivity index (χ4v) is 0.817. The zero-order valence-electron chi connectivity index (χ0n) is 7.07. The van der Waals surface area contributed by atoms with E-state index in [1.807, 2.05) is 0 Å². The van der Waals surface area contributed by atoms with Gasteiger partial charge in [0.05, 0.1) is 5.56 Å². The van der Waals surface area contributed by atoms with Gasteiger partial charge in [0.2, 0.25) is 0 Å². The summed E-state index contributed by atoms with van der Waals surface area (Å²) in [6.45, 7) is -0.847. The molecular weight excluding hydrogens is 198 g/mol. The number of hydrogen-bond donors (Lipinski definition) is 1. The molecule has 0 saturated heterocycles. The van der Waals surface area contributed by atoms with Gasteiger partial charge in [0.15, 0.2) is 0 Å². The molecule has 0 aliphatic heterocycles. The third kappa shape index (κ3) is 3.14. The number of furan rings is 1. The maximum atomic E-state index is 11.6. The molecule has 1 heterocycles. The third-order valence-electron chi connectivity index (χ3n) is 1.39. The molecule has 0 aromatic carbocycles. The molecule has 6 heteroatoms. The SMILES string of the molecule is O=C(O)c1coc(COCC(F)F)c1. The highest BCUT2D eigenvalue weighted by Crippen LogP contribution is 2.09. The summed E-state index contributed by atoms with van der Waals surface area (Å²) in [4.78, 5) is 10.4. The first-order valence-corrected chi connectivity index (χ1v) is 3.76. The number of ether oxygens (including phenoxy) is 1. The number of carbonyl (C=O) groups is 1. The van der Waals surface area contributed by atoms with Crippen molar-refractivity contribution in [3.05, 3.63) is 23.7 Å². The summed E-state index contributed by atoms with van der Waals surface area (Å²) >= 11 is 0. The summed E-state index contributed by atoms with van der Waals surface area (Å²) in [7, 11) is 0. The Kier molecular flexibility index (Phi) is 3.58. The molecule has 0 amide bonds. The van der Waals surface area contributed by atoms with E-state index in [9.17, 15) is 13.6 Å². The van der Waals surface area contributed by atoms with Crippen molar-refractivity contribution in [2.75, 3.05) is 6.61 Å². The Morgan fingerprint density at radius 1 is 1.64 bits per heavy atom. The van der Waals surface area contributed by atoms with Gasteiger partial charge in [-0.3, -0.25) is 0 Å². The molecule has 1 aromatic heterocycles. The van der Waals surface area contributed by atoms with Crippen molar-refractivity contribution in [1.82, 2.24) is 0 Å². The van der Waals surface area contributed by atoms with Crippen molar-refractivity contribution >= 4 is 5.97 Å². The molecule has 0 bridgehead atoms. The molecule has 1 N–H and O–H groups in total. The summed E-state index contributed by atoms with van der Waals surface area (Å²) in [6.07, 6.45) is -1.51. The standard InChI is InChI=1S/C8H8F2O4/c9-7(10)4-13-3-6-1-5(2-14-6)8(11)12/h1-2,7H,3-4H2,(H,11,12). The quantitative estimate of drug-likeness (QED) is 0.797. The van der Waals surface area contributed by atoms with E-state index in [4.69, 9.17) is 9.52 Å². The molecule has 0 unspecified atom stereocenters. The molecule has 0 spiro atoms. The number of halogens is 2. The highest BCUT2D eigenvalue weighted by atomic mass is 19.3. The van der Waals surface area contributed by atoms with Crippen LogP contribution in [0.25, 0.3) is 0 Å². The van der Waals surface area contributed by atoms with Crippen LogP contribution < -0.4 is 0 Å². The lowest BCUT2D eigenvalue weighted by Gasteiger charge is -1.99. The molecule has 0 saturated carbocycles. The summed E-state index contributed by atoms with van der Waals surface area (Å²) in [5.74, 6) is -0.920. The predicted octanol–water partition coefficient (Wildman–Crippen LogP) is 1.76. The lowest BCUT2D eigenvalue weighted by Crippen LogP contribution is -2.03. The van der Waals surface area contributed by atoms with Crippen molar-refractivity contribution in [2.45, 2.75) is 13.0 Å². The fraction of sp³-hybridized carbons (Fsp3) is 0.375. The van der Waals surface area contributed by atoms with Gasteiger partial charge in [-0.05, 0) is 6.07 Å². The summed E-state index contributed by atoms with van der Waals surface area (Å²) in [6, 6.07) is 1.23. The largest absolute Gasteiger partial charge is 0.478 e. The summed E-state index contributed by atoms with van der Waals surface area (Å²) < 4.78 is 32.5. The van der Waals surface area contributed by atoms with E-state index in [1.54, 1.807) is 0 Å². The van der Waals surface area contributed by atoms with Gasteiger partial charge in [0.25, 0.3) is 6.43 Å². The highest BCUT2D eigenvalue weighted by molar-refractivity contribution is 5.87. The number of aromatic carboxylic acids is 1. The smallest absolute Gasteiger partial charge is 0.338 e. The fourth-order valence-electron chi connectivity index (χ4n) is 0.817. The van der Waals surface area contributed by atoms with Gasteiger partial charge in [0.1, 0.15) is 25.2 Å². The van der Waals surface area contributed by atoms with E-state index in [0.29, 0.717) is 0 Å². The highest BCUT2D eigenvalue weighted by Gasteiger charge is 2.09. The molecule has 1 rings (SSSR count). The van der Waals surface area contributed by atoms with Crippen LogP contribution in [0.5, 0.6) is 0 Å². The van der Waals surface area contributed by atoms with Crippen molar-refractivity contribution in [1.29, 1.82) is 0 Å². The molecule has 0 fully saturated rings. The van der Waals surface area contributed by atoms with Crippen LogP contribution in [-0.2, 0) is 11.3 Å². The first kappa shape index (κ1) is 10.6. The van der Waals surface area contributed by atoms with Gasteiger partial charge in [0, 0.05) is 0 Å². The Bertz CT molecular complexity index is 308. The molecule has 1 aromatic rings. The van der Waals surface area contributed by atoms with Crippen LogP contribution in [0.4, 0.5) is 8.78 Å². The molecule has 0 radical (unpaired) electrons. The Morgan fingerprint density at radius 3 is 2.86 bits per heavy atom. The second-order valence-electron chi connectivity index (χ2n) is 2.51. The number of hydrogen-bond acceptors (Lipinski definition) is 3. The number of carboxylic acid groups (broad SMARTS) is 1. The van der Waals surface area contributed by atoms with Crippen LogP contribution in [-0.4, -0.2) is 24.1 Å². The van der Waals surface area contributed by atoms with E-state index < -0.39 is 19.0 Å². The first-order chi connectivity index (χ1) is 6.59. The van der Waals surface area contributed by atoms with Gasteiger partial charge >= 0.3 is 5.97 Å². The molecule has 14 heavy (non-hydrogen) atoms. The van der Waals surface area contributed by atoms with Crippen LogP contribution in [0.15, 0.2) is 16.7 Å². The minimum absolute atomic E-state index is 0.0272. The van der Waals surface area contributed by atoms with Gasteiger partial charge in [-0.15, -0.1) is 0 Å². The van der Waals surface area contributed by atoms with Crippen molar-refractivity contribution < 1.29 is 27.8 Å². The normalized spacial score (nSPS) is 10.8. The zero-order chi connectivity index (χ0) is 10.6. The lowest BCUT2D eigenvalue weighted by molar-refractivity contribution is 0.00453. The molecular formula is C8H8F2O4. The van der Waals surface area contributed by atoms with Crippen molar-refractivity contribution in [3.8, 4) is 0 Å². The number of carboxylic acids is 1. The van der Waals surface area contributed by atoms with Crippen LogP contribution in [0, 0.1) is 0 Å². The van der Waals surface area contributed by atoms with Gasteiger partial charge in [-0.2, -0.15) is 0 Å². The lowest BCUT2D eigenvalue weighted by atomic mass is 10.3. The van der Waals surface area contributed by atoms with Gasteiger partial charge < -0.3 is 14.3 Å². The Morgan fingerprint density at radius 2 is 2.36 bits per heavy atom. The molecule has 78 valence electrons. The van der Waals surface area contributed by atoms with Crippen molar-refractivity contribution in [3.63, 3.8) is 0 Å². The van der Waals surface area contributed by atoms with Gasteiger partial charge in [-0.1, -0.05) is 0 Å². The second-order valence-corrected chi connectivity index (χ2v) is 2.51. The Labute approximate surface area is 78.1 Å². The topological polar surface area (TPSA) is 59.7 Å². The monoisotopic (exact) mass is 206 g/mol. The van der Waals surface area contributed by atoms with Crippen LogP contribution in [0.3, 0.4) is 0 Å². The zero-order valence-corrected chi connectivity index (χ0v) is 7.07. The second kappa shape index (κ2) is 4.71. The van der Waals surface area contributed by atoms with Crippen LogP contribution in [0.1, 0.15) is 16.1 Å². The molecule has 4 nitrogen and oxygen atoms in total. The molecule has 0 aliphatic carbocycles. The summed E-state index contributed by atoms with van der Waals surface area (Å²) in [5.41, 5.74) is -0.0272. The maximum Gasteiger partial charge on any atom is 0.338 e. The minimum Gasteiger partial charge on any atom is -0.478 e. The van der Waals surface area contributed by atoms with E-state index in [0.717, 1.165) is 6.26 Å². The van der Waals surface area contributed by atoms with E-state index >= 15 is 0 Å². The first-order valence-electron chi connectivity index (χ1n) is 3.76. The number of rotatable bonds is 5. The molecule has 0 atom stereocenters. The third-order valence-corrected chi connectivity index (χ3v) is 1.39. The maximum absolute atomic E-state index is 11.6. The molecule has 0 aliphatic rings. The average Bonchev–Trinajstić information content (AvgIpc) is 2.52. The van der Waals surface area contributed by atoms with Gasteiger partial charge in [-0.25, -0.2) is 13.6 Å². The Hall–Kier alpha value is -1.43. The van der Waals surface area contributed by atoms with E-state index in [1.165, 1.54) is 6.07 Å². The van der Waals surface area contributed by atoms with E-state index in [2.05, 4.69) is 4.74 Å². The van der Waals surface area contributed by atoms with Crippen LogP contribution in [0.2, 0.25) is 0 Å². The average molecular weight is 206 g/mol. The van der Waals surface area contributed by atoms with Crippen molar-refractivity contribution in [2.24, 2.45) is 0 Å². The minimum atomic E-state index is -2.54.